The lowest BCUT2D eigenvalue weighted by Crippen LogP contribution is -2.04. The minimum Gasteiger partial charge on any atom is -0.507 e. The van der Waals surface area contributed by atoms with Crippen LogP contribution >= 0.6 is 0 Å². The smallest absolute Gasteiger partial charge is 0.164 e. The summed E-state index contributed by atoms with van der Waals surface area (Å²) in [5.41, 5.74) is 5.01. The highest BCUT2D eigenvalue weighted by Gasteiger charge is 2.28. The molecule has 0 amide bonds. The summed E-state index contributed by atoms with van der Waals surface area (Å²) < 4.78 is 12.0. The molecule has 3 aromatic rings. The summed E-state index contributed by atoms with van der Waals surface area (Å²) in [5, 5.41) is 31.6. The number of furan rings is 1. The quantitative estimate of drug-likeness (QED) is 0.405. The first kappa shape index (κ1) is 18.0. The van der Waals surface area contributed by atoms with Crippen LogP contribution < -0.4 is 4.74 Å². The molecular weight excluding hydrogens is 356 g/mol. The van der Waals surface area contributed by atoms with Crippen LogP contribution in [0.1, 0.15) is 37.5 Å². The Morgan fingerprint density at radius 2 is 1.86 bits per heavy atom. The lowest BCUT2D eigenvalue weighted by atomic mass is 9.97. The van der Waals surface area contributed by atoms with Crippen LogP contribution in [0, 0.1) is 0 Å². The molecule has 0 saturated heterocycles. The van der Waals surface area contributed by atoms with Gasteiger partial charge >= 0.3 is 0 Å². The van der Waals surface area contributed by atoms with E-state index >= 15 is 0 Å². The fourth-order valence-electron chi connectivity index (χ4n) is 3.54. The molecule has 0 saturated carbocycles. The Balaban J connectivity index is 2.00. The van der Waals surface area contributed by atoms with Crippen LogP contribution in [0.2, 0.25) is 0 Å². The van der Waals surface area contributed by atoms with Crippen molar-refractivity contribution in [1.82, 2.24) is 0 Å². The number of phenolic OH excluding ortho intramolecular Hbond substituents is 3. The molecule has 0 fully saturated rings. The summed E-state index contributed by atoms with van der Waals surface area (Å²) in [6, 6.07) is 4.87. The molecule has 2 heterocycles. The van der Waals surface area contributed by atoms with Crippen molar-refractivity contribution < 1.29 is 24.5 Å². The molecule has 1 aliphatic rings. The van der Waals surface area contributed by atoms with Crippen molar-refractivity contribution in [2.24, 2.45) is 0 Å². The van der Waals surface area contributed by atoms with Crippen molar-refractivity contribution in [1.29, 1.82) is 0 Å². The summed E-state index contributed by atoms with van der Waals surface area (Å²) >= 11 is 0. The molecule has 0 aliphatic carbocycles. The molecule has 0 spiro atoms. The van der Waals surface area contributed by atoms with Crippen LogP contribution in [0.25, 0.3) is 27.9 Å². The molecule has 3 N–H and O–H groups in total. The number of fused-ring (bicyclic) bond motifs is 5. The molecule has 5 heteroatoms. The highest BCUT2D eigenvalue weighted by atomic mass is 16.5. The normalized spacial score (nSPS) is 12.2. The molecule has 144 valence electrons. The molecule has 0 atom stereocenters. The predicted octanol–water partition coefficient (Wildman–Crippen LogP) is 5.65. The van der Waals surface area contributed by atoms with Gasteiger partial charge in [0.15, 0.2) is 11.5 Å². The number of benzene rings is 2. The van der Waals surface area contributed by atoms with Gasteiger partial charge in [-0.05, 0) is 44.9 Å². The third-order valence-electron chi connectivity index (χ3n) is 5.02. The fraction of sp³-hybridized carbons (Fsp3) is 0.217. The van der Waals surface area contributed by atoms with Gasteiger partial charge in [0.1, 0.15) is 29.4 Å². The SMILES string of the molecule is C=C(C)c1cc2c(cc1O)OCc1c-2oc2c(CC=C(C)C)c(O)c(O)cc12. The van der Waals surface area contributed by atoms with E-state index in [-0.39, 0.29) is 23.9 Å². The van der Waals surface area contributed by atoms with Gasteiger partial charge in [-0.1, -0.05) is 18.2 Å². The topological polar surface area (TPSA) is 83.1 Å². The first-order chi connectivity index (χ1) is 13.3. The first-order valence-electron chi connectivity index (χ1n) is 9.06. The van der Waals surface area contributed by atoms with Crippen LogP contribution in [-0.4, -0.2) is 15.3 Å². The highest BCUT2D eigenvalue weighted by Crippen LogP contribution is 2.48. The third kappa shape index (κ3) is 2.71. The van der Waals surface area contributed by atoms with E-state index in [4.69, 9.17) is 9.15 Å². The van der Waals surface area contributed by atoms with E-state index in [1.54, 1.807) is 12.1 Å². The van der Waals surface area contributed by atoms with Gasteiger partial charge in [-0.3, -0.25) is 0 Å². The Hall–Kier alpha value is -3.34. The van der Waals surface area contributed by atoms with Gasteiger partial charge in [-0.2, -0.15) is 0 Å². The number of hydrogen-bond donors (Lipinski definition) is 3. The monoisotopic (exact) mass is 378 g/mol. The average Bonchev–Trinajstić information content (AvgIpc) is 2.99. The minimum atomic E-state index is -0.188. The van der Waals surface area contributed by atoms with Gasteiger partial charge < -0.3 is 24.5 Å². The second-order valence-electron chi connectivity index (χ2n) is 7.43. The van der Waals surface area contributed by atoms with E-state index in [0.29, 0.717) is 45.6 Å². The number of phenols is 3. The lowest BCUT2D eigenvalue weighted by Gasteiger charge is -2.18. The zero-order valence-corrected chi connectivity index (χ0v) is 16.1. The summed E-state index contributed by atoms with van der Waals surface area (Å²) in [5.74, 6) is 0.874. The van der Waals surface area contributed by atoms with E-state index in [0.717, 1.165) is 16.7 Å². The summed E-state index contributed by atoms with van der Waals surface area (Å²) in [6.45, 7) is 9.91. The fourth-order valence-corrected chi connectivity index (χ4v) is 3.54. The van der Waals surface area contributed by atoms with Crippen LogP contribution in [0.4, 0.5) is 0 Å². The van der Waals surface area contributed by atoms with Crippen LogP contribution in [0.15, 0.2) is 40.8 Å². The van der Waals surface area contributed by atoms with Crippen LogP contribution in [0.5, 0.6) is 23.0 Å². The standard InChI is InChI=1S/C23H22O5/c1-11(2)5-6-13-21(26)19(25)8-15-17-10-27-20-9-18(24)14(12(3)4)7-16(20)23(17)28-22(13)15/h5,7-9,24-26H,3,6,10H2,1-2,4H3. The van der Waals surface area contributed by atoms with Gasteiger partial charge in [0.25, 0.3) is 0 Å². The van der Waals surface area contributed by atoms with Gasteiger partial charge in [-0.15, -0.1) is 0 Å². The van der Waals surface area contributed by atoms with Crippen molar-refractivity contribution in [3.05, 3.63) is 53.1 Å². The molecule has 0 bridgehead atoms. The van der Waals surface area contributed by atoms with Gasteiger partial charge in [-0.25, -0.2) is 0 Å². The lowest BCUT2D eigenvalue weighted by molar-refractivity contribution is 0.298. The summed E-state index contributed by atoms with van der Waals surface area (Å²) in [4.78, 5) is 0. The molecule has 1 aromatic heterocycles. The molecule has 5 nitrogen and oxygen atoms in total. The van der Waals surface area contributed by atoms with Crippen molar-refractivity contribution >= 4 is 16.5 Å². The zero-order chi connectivity index (χ0) is 20.2. The van der Waals surface area contributed by atoms with E-state index in [1.165, 1.54) is 6.07 Å². The molecule has 28 heavy (non-hydrogen) atoms. The molecule has 0 unspecified atom stereocenters. The Kier molecular flexibility index (Phi) is 4.11. The third-order valence-corrected chi connectivity index (χ3v) is 5.02. The van der Waals surface area contributed by atoms with Crippen molar-refractivity contribution in [3.8, 4) is 34.3 Å². The molecule has 1 aliphatic heterocycles. The Bertz CT molecular complexity index is 1160. The van der Waals surface area contributed by atoms with Gasteiger partial charge in [0.05, 0.1) is 5.56 Å². The maximum atomic E-state index is 10.4. The predicted molar refractivity (Wildman–Crippen MR) is 109 cm³/mol. The molecule has 4 rings (SSSR count). The van der Waals surface area contributed by atoms with E-state index in [9.17, 15) is 15.3 Å². The van der Waals surface area contributed by atoms with Gasteiger partial charge in [0.2, 0.25) is 0 Å². The Morgan fingerprint density at radius 3 is 2.54 bits per heavy atom. The number of allylic oxidation sites excluding steroid dienone is 3. The Morgan fingerprint density at radius 1 is 1.11 bits per heavy atom. The molecule has 2 aromatic carbocycles. The first-order valence-corrected chi connectivity index (χ1v) is 9.06. The highest BCUT2D eigenvalue weighted by molar-refractivity contribution is 5.95. The largest absolute Gasteiger partial charge is 0.507 e. The second kappa shape index (κ2) is 6.37. The van der Waals surface area contributed by atoms with E-state index < -0.39 is 0 Å². The average molecular weight is 378 g/mol. The van der Waals surface area contributed by atoms with Crippen molar-refractivity contribution in [3.63, 3.8) is 0 Å². The summed E-state index contributed by atoms with van der Waals surface area (Å²) in [7, 11) is 0. The summed E-state index contributed by atoms with van der Waals surface area (Å²) in [6.07, 6.45) is 2.41. The van der Waals surface area contributed by atoms with Crippen molar-refractivity contribution in [2.75, 3.05) is 0 Å². The molecule has 0 radical (unpaired) electrons. The molecular formula is C23H22O5. The number of hydrogen-bond acceptors (Lipinski definition) is 5. The maximum Gasteiger partial charge on any atom is 0.164 e. The second-order valence-corrected chi connectivity index (χ2v) is 7.43. The van der Waals surface area contributed by atoms with E-state index in [2.05, 4.69) is 6.58 Å². The maximum absolute atomic E-state index is 10.4. The minimum absolute atomic E-state index is 0.102. The number of ether oxygens (including phenoxy) is 1. The van der Waals surface area contributed by atoms with Crippen LogP contribution in [-0.2, 0) is 13.0 Å². The Labute approximate surface area is 162 Å². The number of rotatable bonds is 3. The van der Waals surface area contributed by atoms with Gasteiger partial charge in [0, 0.05) is 28.1 Å². The van der Waals surface area contributed by atoms with E-state index in [1.807, 2.05) is 26.8 Å². The zero-order valence-electron chi connectivity index (χ0n) is 16.1. The van der Waals surface area contributed by atoms with Crippen LogP contribution in [0.3, 0.4) is 0 Å². The number of aromatic hydroxyl groups is 3. The van der Waals surface area contributed by atoms with Crippen molar-refractivity contribution in [2.45, 2.75) is 33.8 Å².